The van der Waals surface area contributed by atoms with Gasteiger partial charge >= 0.3 is 0 Å². The zero-order chi connectivity index (χ0) is 17.1. The SMILES string of the molecule is O=C(Nc1ccc(CCN2CCCC2)cc1)[C@@]12CCCC[C@H]1CNC2. The van der Waals surface area contributed by atoms with Gasteiger partial charge in [0.2, 0.25) is 5.91 Å². The molecule has 2 heterocycles. The number of carbonyl (C=O) groups is 1. The number of hydrogen-bond acceptors (Lipinski definition) is 3. The van der Waals surface area contributed by atoms with Gasteiger partial charge in [0.1, 0.15) is 0 Å². The average molecular weight is 341 g/mol. The van der Waals surface area contributed by atoms with Gasteiger partial charge in [-0.25, -0.2) is 0 Å². The summed E-state index contributed by atoms with van der Waals surface area (Å²) >= 11 is 0. The predicted molar refractivity (Wildman–Crippen MR) is 102 cm³/mol. The lowest BCUT2D eigenvalue weighted by Crippen LogP contribution is -2.44. The highest BCUT2D eigenvalue weighted by Gasteiger charge is 2.49. The van der Waals surface area contributed by atoms with Crippen molar-refractivity contribution in [3.8, 4) is 0 Å². The molecule has 4 heteroatoms. The average Bonchev–Trinajstić information content (AvgIpc) is 3.31. The number of benzene rings is 1. The summed E-state index contributed by atoms with van der Waals surface area (Å²) in [7, 11) is 0. The van der Waals surface area contributed by atoms with E-state index in [2.05, 4.69) is 39.8 Å². The highest BCUT2D eigenvalue weighted by molar-refractivity contribution is 5.96. The fourth-order valence-corrected chi connectivity index (χ4v) is 4.99. The Balaban J connectivity index is 1.35. The Morgan fingerprint density at radius 2 is 1.96 bits per heavy atom. The number of amides is 1. The predicted octanol–water partition coefficient (Wildman–Crippen LogP) is 3.04. The lowest BCUT2D eigenvalue weighted by molar-refractivity contribution is -0.128. The molecule has 136 valence electrons. The molecule has 3 fully saturated rings. The van der Waals surface area contributed by atoms with Gasteiger partial charge in [0, 0.05) is 18.8 Å². The second-order valence-electron chi connectivity index (χ2n) is 8.18. The first-order chi connectivity index (χ1) is 12.3. The first-order valence-corrected chi connectivity index (χ1v) is 10.1. The minimum atomic E-state index is -0.174. The fraction of sp³-hybridized carbons (Fsp3) is 0.667. The van der Waals surface area contributed by atoms with Gasteiger partial charge in [-0.3, -0.25) is 4.79 Å². The highest BCUT2D eigenvalue weighted by Crippen LogP contribution is 2.44. The maximum atomic E-state index is 13.0. The van der Waals surface area contributed by atoms with Gasteiger partial charge in [-0.05, 0) is 75.4 Å². The van der Waals surface area contributed by atoms with Crippen LogP contribution in [0.1, 0.15) is 44.1 Å². The molecular weight excluding hydrogens is 310 g/mol. The third-order valence-corrected chi connectivity index (χ3v) is 6.62. The van der Waals surface area contributed by atoms with Crippen molar-refractivity contribution >= 4 is 11.6 Å². The molecule has 0 bridgehead atoms. The van der Waals surface area contributed by atoms with Crippen molar-refractivity contribution in [1.29, 1.82) is 0 Å². The van der Waals surface area contributed by atoms with Crippen molar-refractivity contribution in [1.82, 2.24) is 10.2 Å². The van der Waals surface area contributed by atoms with E-state index in [0.29, 0.717) is 5.92 Å². The van der Waals surface area contributed by atoms with Crippen LogP contribution in [0.25, 0.3) is 0 Å². The molecule has 1 aliphatic carbocycles. The molecule has 0 spiro atoms. The third kappa shape index (κ3) is 3.61. The standard InChI is InChI=1S/C21H31N3O/c25-20(21-11-2-1-5-18(21)15-22-16-21)23-19-8-6-17(7-9-19)10-14-24-12-3-4-13-24/h6-9,18,22H,1-5,10-16H2,(H,23,25)/t18-,21+/m0/s1. The zero-order valence-corrected chi connectivity index (χ0v) is 15.2. The third-order valence-electron chi connectivity index (χ3n) is 6.62. The molecule has 0 aromatic heterocycles. The molecule has 2 N–H and O–H groups in total. The van der Waals surface area contributed by atoms with E-state index in [0.717, 1.165) is 38.2 Å². The Labute approximate surface area is 151 Å². The van der Waals surface area contributed by atoms with E-state index >= 15 is 0 Å². The number of nitrogens with one attached hydrogen (secondary N) is 2. The van der Waals surface area contributed by atoms with E-state index in [1.165, 1.54) is 50.8 Å². The number of fused-ring (bicyclic) bond motifs is 1. The number of anilines is 1. The Kier molecular flexibility index (Phi) is 5.09. The maximum Gasteiger partial charge on any atom is 0.232 e. The van der Waals surface area contributed by atoms with E-state index in [1.807, 2.05) is 0 Å². The molecule has 4 rings (SSSR count). The molecular formula is C21H31N3O. The van der Waals surface area contributed by atoms with Crippen LogP contribution in [0.4, 0.5) is 5.69 Å². The number of hydrogen-bond donors (Lipinski definition) is 2. The van der Waals surface area contributed by atoms with Crippen LogP contribution in [0.2, 0.25) is 0 Å². The second kappa shape index (κ2) is 7.46. The molecule has 2 atom stereocenters. The largest absolute Gasteiger partial charge is 0.326 e. The van der Waals surface area contributed by atoms with E-state index in [9.17, 15) is 4.79 Å². The van der Waals surface area contributed by atoms with Crippen LogP contribution in [-0.2, 0) is 11.2 Å². The maximum absolute atomic E-state index is 13.0. The molecule has 1 aromatic rings. The summed E-state index contributed by atoms with van der Waals surface area (Å²) in [5, 5.41) is 6.67. The minimum absolute atomic E-state index is 0.174. The summed E-state index contributed by atoms with van der Waals surface area (Å²) in [6.45, 7) is 5.51. The molecule has 25 heavy (non-hydrogen) atoms. The molecule has 4 nitrogen and oxygen atoms in total. The van der Waals surface area contributed by atoms with Gasteiger partial charge in [0.15, 0.2) is 0 Å². The molecule has 3 aliphatic rings. The summed E-state index contributed by atoms with van der Waals surface area (Å²) in [5.41, 5.74) is 2.13. The van der Waals surface area contributed by atoms with Crippen molar-refractivity contribution < 1.29 is 4.79 Å². The molecule has 1 saturated carbocycles. The van der Waals surface area contributed by atoms with Crippen LogP contribution in [0, 0.1) is 11.3 Å². The van der Waals surface area contributed by atoms with Crippen LogP contribution in [0.15, 0.2) is 24.3 Å². The first kappa shape index (κ1) is 17.0. The van der Waals surface area contributed by atoms with Gasteiger partial charge in [-0.15, -0.1) is 0 Å². The monoisotopic (exact) mass is 341 g/mol. The van der Waals surface area contributed by atoms with Crippen molar-refractivity contribution in [2.24, 2.45) is 11.3 Å². The van der Waals surface area contributed by atoms with Crippen LogP contribution in [0.5, 0.6) is 0 Å². The van der Waals surface area contributed by atoms with Gasteiger partial charge in [-0.2, -0.15) is 0 Å². The van der Waals surface area contributed by atoms with Gasteiger partial charge < -0.3 is 15.5 Å². The summed E-state index contributed by atoms with van der Waals surface area (Å²) < 4.78 is 0. The zero-order valence-electron chi connectivity index (χ0n) is 15.2. The molecule has 0 radical (unpaired) electrons. The van der Waals surface area contributed by atoms with Crippen LogP contribution >= 0.6 is 0 Å². The fourth-order valence-electron chi connectivity index (χ4n) is 4.99. The van der Waals surface area contributed by atoms with E-state index in [-0.39, 0.29) is 11.3 Å². The number of rotatable bonds is 5. The topological polar surface area (TPSA) is 44.4 Å². The summed E-state index contributed by atoms with van der Waals surface area (Å²) in [4.78, 5) is 15.5. The van der Waals surface area contributed by atoms with Gasteiger partial charge in [0.05, 0.1) is 5.41 Å². The lowest BCUT2D eigenvalue weighted by Gasteiger charge is -2.37. The number of likely N-dealkylation sites (tertiary alicyclic amines) is 1. The smallest absolute Gasteiger partial charge is 0.232 e. The van der Waals surface area contributed by atoms with Crippen LogP contribution in [0.3, 0.4) is 0 Å². The summed E-state index contributed by atoms with van der Waals surface area (Å²) in [6.07, 6.45) is 8.48. The Hall–Kier alpha value is -1.39. The lowest BCUT2D eigenvalue weighted by atomic mass is 9.67. The first-order valence-electron chi connectivity index (χ1n) is 10.1. The molecule has 2 aliphatic heterocycles. The van der Waals surface area contributed by atoms with E-state index < -0.39 is 0 Å². The number of carbonyl (C=O) groups excluding carboxylic acids is 1. The second-order valence-corrected chi connectivity index (χ2v) is 8.18. The summed E-state index contributed by atoms with van der Waals surface area (Å²) in [6, 6.07) is 8.51. The molecule has 1 aromatic carbocycles. The Bertz CT molecular complexity index is 594. The Morgan fingerprint density at radius 3 is 2.76 bits per heavy atom. The minimum Gasteiger partial charge on any atom is -0.326 e. The van der Waals surface area contributed by atoms with Crippen LogP contribution in [-0.4, -0.2) is 43.5 Å². The van der Waals surface area contributed by atoms with Crippen molar-refractivity contribution in [3.63, 3.8) is 0 Å². The van der Waals surface area contributed by atoms with Crippen molar-refractivity contribution in [3.05, 3.63) is 29.8 Å². The van der Waals surface area contributed by atoms with E-state index in [1.54, 1.807) is 0 Å². The van der Waals surface area contributed by atoms with E-state index in [4.69, 9.17) is 0 Å². The molecule has 0 unspecified atom stereocenters. The van der Waals surface area contributed by atoms with Gasteiger partial charge in [0.25, 0.3) is 0 Å². The van der Waals surface area contributed by atoms with Crippen molar-refractivity contribution in [2.75, 3.05) is 38.0 Å². The Morgan fingerprint density at radius 1 is 1.16 bits per heavy atom. The molecule has 2 saturated heterocycles. The van der Waals surface area contributed by atoms with Crippen LogP contribution < -0.4 is 10.6 Å². The number of nitrogens with zero attached hydrogens (tertiary/aromatic N) is 1. The normalized spacial score (nSPS) is 29.5. The quantitative estimate of drug-likeness (QED) is 0.865. The highest BCUT2D eigenvalue weighted by atomic mass is 16.2. The molecule has 1 amide bonds. The summed E-state index contributed by atoms with van der Waals surface area (Å²) in [5.74, 6) is 0.744. The van der Waals surface area contributed by atoms with Gasteiger partial charge in [-0.1, -0.05) is 25.0 Å². The van der Waals surface area contributed by atoms with Crippen molar-refractivity contribution in [2.45, 2.75) is 44.9 Å².